The van der Waals surface area contributed by atoms with Crippen molar-refractivity contribution in [3.05, 3.63) is 29.6 Å². The van der Waals surface area contributed by atoms with Crippen LogP contribution in [0, 0.1) is 0 Å². The van der Waals surface area contributed by atoms with Gasteiger partial charge in [0.15, 0.2) is 0 Å². The third-order valence-electron chi connectivity index (χ3n) is 2.93. The molecular weight excluding hydrogens is 289 g/mol. The fourth-order valence-corrected chi connectivity index (χ4v) is 2.06. The Kier molecular flexibility index (Phi) is 4.17. The van der Waals surface area contributed by atoms with Gasteiger partial charge in [0.05, 0.1) is 17.7 Å². The molecule has 21 heavy (non-hydrogen) atoms. The molecule has 0 radical (unpaired) electrons. The zero-order valence-electron chi connectivity index (χ0n) is 11.1. The first-order valence-corrected chi connectivity index (χ1v) is 6.23. The van der Waals surface area contributed by atoms with Crippen LogP contribution in [0.25, 0.3) is 11.0 Å². The van der Waals surface area contributed by atoms with E-state index in [2.05, 4.69) is 4.98 Å². The highest BCUT2D eigenvalue weighted by molar-refractivity contribution is 6.01. The number of nitrogens with zero attached hydrogens (tertiary/aromatic N) is 2. The van der Waals surface area contributed by atoms with Gasteiger partial charge in [0, 0.05) is 13.2 Å². The Hall–Kier alpha value is -2.09. The highest BCUT2D eigenvalue weighted by Gasteiger charge is 2.38. The molecule has 0 amide bonds. The fraction of sp³-hybridized carbons (Fsp3) is 0.385. The number of hydrogen-bond acceptors (Lipinski definition) is 3. The average Bonchev–Trinajstić information content (AvgIpc) is 2.77. The second-order valence-electron chi connectivity index (χ2n) is 4.26. The lowest BCUT2D eigenvalue weighted by Gasteiger charge is -2.11. The van der Waals surface area contributed by atoms with Gasteiger partial charge in [-0.3, -0.25) is 0 Å². The molecule has 2 aromatic rings. The normalized spacial score (nSPS) is 12.0. The molecule has 0 aliphatic heterocycles. The summed E-state index contributed by atoms with van der Waals surface area (Å²) in [7, 11) is 0. The molecule has 1 aromatic heterocycles. The van der Waals surface area contributed by atoms with Crippen molar-refractivity contribution in [2.24, 2.45) is 0 Å². The molecule has 114 valence electrons. The van der Waals surface area contributed by atoms with E-state index in [4.69, 9.17) is 9.84 Å². The summed E-state index contributed by atoms with van der Waals surface area (Å²) >= 11 is 0. The van der Waals surface area contributed by atoms with Gasteiger partial charge in [-0.2, -0.15) is 13.2 Å². The molecule has 0 unspecified atom stereocenters. The van der Waals surface area contributed by atoms with Crippen LogP contribution < -0.4 is 0 Å². The zero-order valence-corrected chi connectivity index (χ0v) is 11.1. The lowest BCUT2D eigenvalue weighted by atomic mass is 10.2. The van der Waals surface area contributed by atoms with Crippen molar-refractivity contribution in [1.82, 2.24) is 9.55 Å². The van der Waals surface area contributed by atoms with Gasteiger partial charge in [-0.25, -0.2) is 9.78 Å². The molecule has 0 fully saturated rings. The Balaban J connectivity index is 2.61. The van der Waals surface area contributed by atoms with E-state index >= 15 is 0 Å². The summed E-state index contributed by atoms with van der Waals surface area (Å²) in [6.45, 7) is 2.15. The standard InChI is InChI=1S/C13H13F3N2O3/c1-2-21-7-6-18-9-5-3-4-8(11(19)20)10(9)17-12(18)13(14,15)16/h3-5H,2,6-7H2,1H3,(H,19,20). The molecule has 0 saturated heterocycles. The summed E-state index contributed by atoms with van der Waals surface area (Å²) in [6.07, 6.45) is -4.67. The summed E-state index contributed by atoms with van der Waals surface area (Å²) < 4.78 is 45.2. The Labute approximate surface area is 118 Å². The van der Waals surface area contributed by atoms with Crippen molar-refractivity contribution in [1.29, 1.82) is 0 Å². The maximum atomic E-state index is 13.1. The molecule has 8 heteroatoms. The van der Waals surface area contributed by atoms with E-state index in [1.165, 1.54) is 18.2 Å². The van der Waals surface area contributed by atoms with E-state index in [0.717, 1.165) is 4.57 Å². The number of rotatable bonds is 5. The summed E-state index contributed by atoms with van der Waals surface area (Å²) in [5.41, 5.74) is -0.302. The highest BCUT2D eigenvalue weighted by Crippen LogP contribution is 2.32. The number of fused-ring (bicyclic) bond motifs is 1. The topological polar surface area (TPSA) is 64.4 Å². The van der Waals surface area contributed by atoms with Gasteiger partial charge in [0.25, 0.3) is 0 Å². The van der Waals surface area contributed by atoms with E-state index < -0.39 is 18.0 Å². The first-order chi connectivity index (χ1) is 9.86. The number of ether oxygens (including phenoxy) is 1. The van der Waals surface area contributed by atoms with E-state index in [0.29, 0.717) is 6.61 Å². The van der Waals surface area contributed by atoms with Gasteiger partial charge in [-0.1, -0.05) is 6.07 Å². The number of carboxylic acid groups (broad SMARTS) is 1. The second-order valence-corrected chi connectivity index (χ2v) is 4.26. The Morgan fingerprint density at radius 1 is 1.43 bits per heavy atom. The highest BCUT2D eigenvalue weighted by atomic mass is 19.4. The van der Waals surface area contributed by atoms with Crippen molar-refractivity contribution in [2.45, 2.75) is 19.6 Å². The predicted octanol–water partition coefficient (Wildman–Crippen LogP) is 2.79. The van der Waals surface area contributed by atoms with Crippen LogP contribution in [0.2, 0.25) is 0 Å². The van der Waals surface area contributed by atoms with Gasteiger partial charge >= 0.3 is 12.1 Å². The summed E-state index contributed by atoms with van der Waals surface area (Å²) in [6, 6.07) is 4.03. The molecule has 1 N–H and O–H groups in total. The van der Waals surface area contributed by atoms with Crippen LogP contribution in [0.4, 0.5) is 13.2 Å². The molecule has 0 spiro atoms. The number of carboxylic acids is 1. The SMILES string of the molecule is CCOCCn1c(C(F)(F)F)nc2c(C(=O)O)cccc21. The van der Waals surface area contributed by atoms with Gasteiger partial charge in [-0.05, 0) is 19.1 Å². The molecule has 2 rings (SSSR count). The third-order valence-corrected chi connectivity index (χ3v) is 2.93. The minimum atomic E-state index is -4.67. The van der Waals surface area contributed by atoms with Crippen LogP contribution in [0.5, 0.6) is 0 Å². The first kappa shape index (κ1) is 15.3. The van der Waals surface area contributed by atoms with E-state index in [9.17, 15) is 18.0 Å². The summed E-state index contributed by atoms with van der Waals surface area (Å²) in [5.74, 6) is -2.44. The number of imidazole rings is 1. The van der Waals surface area contributed by atoms with E-state index in [1.54, 1.807) is 6.92 Å². The molecule has 1 aromatic carbocycles. The third kappa shape index (κ3) is 2.99. The van der Waals surface area contributed by atoms with Crippen LogP contribution in [0.1, 0.15) is 23.1 Å². The Morgan fingerprint density at radius 3 is 2.71 bits per heavy atom. The van der Waals surface area contributed by atoms with Crippen LogP contribution >= 0.6 is 0 Å². The molecule has 0 bridgehead atoms. The molecule has 1 heterocycles. The monoisotopic (exact) mass is 302 g/mol. The van der Waals surface area contributed by atoms with Crippen molar-refractivity contribution < 1.29 is 27.8 Å². The van der Waals surface area contributed by atoms with Crippen molar-refractivity contribution in [3.8, 4) is 0 Å². The smallest absolute Gasteiger partial charge is 0.449 e. The number of hydrogen-bond donors (Lipinski definition) is 1. The molecule has 5 nitrogen and oxygen atoms in total. The minimum Gasteiger partial charge on any atom is -0.478 e. The van der Waals surface area contributed by atoms with Crippen LogP contribution in [0.15, 0.2) is 18.2 Å². The first-order valence-electron chi connectivity index (χ1n) is 6.23. The number of carbonyl (C=O) groups is 1. The zero-order chi connectivity index (χ0) is 15.6. The predicted molar refractivity (Wildman–Crippen MR) is 68.2 cm³/mol. The minimum absolute atomic E-state index is 0.0533. The van der Waals surface area contributed by atoms with Gasteiger partial charge in [0.1, 0.15) is 5.52 Å². The second kappa shape index (κ2) is 5.72. The quantitative estimate of drug-likeness (QED) is 0.863. The number of aromatic nitrogens is 2. The van der Waals surface area contributed by atoms with Gasteiger partial charge < -0.3 is 14.4 Å². The van der Waals surface area contributed by atoms with E-state index in [-0.39, 0.29) is 29.7 Å². The molecular formula is C13H13F3N2O3. The van der Waals surface area contributed by atoms with E-state index in [1.807, 2.05) is 0 Å². The molecule has 0 aliphatic rings. The maximum absolute atomic E-state index is 13.1. The van der Waals surface area contributed by atoms with Crippen molar-refractivity contribution >= 4 is 17.0 Å². The Bertz CT molecular complexity index is 664. The summed E-state index contributed by atoms with van der Waals surface area (Å²) in [5, 5.41) is 9.04. The van der Waals surface area contributed by atoms with Gasteiger partial charge in [0.2, 0.25) is 5.82 Å². The number of para-hydroxylation sites is 1. The van der Waals surface area contributed by atoms with Crippen molar-refractivity contribution in [3.63, 3.8) is 0 Å². The maximum Gasteiger partial charge on any atom is 0.449 e. The lowest BCUT2D eigenvalue weighted by molar-refractivity contribution is -0.147. The van der Waals surface area contributed by atoms with Crippen LogP contribution in [0.3, 0.4) is 0 Å². The molecule has 0 atom stereocenters. The number of aromatic carboxylic acids is 1. The fourth-order valence-electron chi connectivity index (χ4n) is 2.06. The average molecular weight is 302 g/mol. The van der Waals surface area contributed by atoms with Gasteiger partial charge in [-0.15, -0.1) is 0 Å². The molecule has 0 saturated carbocycles. The number of halogens is 3. The van der Waals surface area contributed by atoms with Crippen LogP contribution in [-0.2, 0) is 17.5 Å². The van der Waals surface area contributed by atoms with Crippen LogP contribution in [-0.4, -0.2) is 33.8 Å². The Morgan fingerprint density at radius 2 is 2.14 bits per heavy atom. The summed E-state index contributed by atoms with van der Waals surface area (Å²) in [4.78, 5) is 14.6. The number of benzene rings is 1. The van der Waals surface area contributed by atoms with Crippen molar-refractivity contribution in [2.75, 3.05) is 13.2 Å². The number of alkyl halides is 3. The molecule has 0 aliphatic carbocycles. The lowest BCUT2D eigenvalue weighted by Crippen LogP contribution is -2.17. The largest absolute Gasteiger partial charge is 0.478 e.